The summed E-state index contributed by atoms with van der Waals surface area (Å²) < 4.78 is -1.19. The maximum atomic E-state index is 12.9. The Balaban J connectivity index is 1.85. The van der Waals surface area contributed by atoms with Crippen molar-refractivity contribution in [2.75, 3.05) is 17.3 Å². The number of hydrogen-bond donors (Lipinski definition) is 1. The molecule has 2 aromatic rings. The lowest BCUT2D eigenvalue weighted by Gasteiger charge is -2.36. The summed E-state index contributed by atoms with van der Waals surface area (Å²) in [6, 6.07) is 15.4. The van der Waals surface area contributed by atoms with Crippen LogP contribution in [0.4, 0.5) is 11.4 Å². The molecule has 3 rings (SSSR count). The zero-order valence-corrected chi connectivity index (χ0v) is 15.7. The van der Waals surface area contributed by atoms with Crippen LogP contribution in [0, 0.1) is 0 Å². The van der Waals surface area contributed by atoms with E-state index in [0.29, 0.717) is 11.6 Å². The van der Waals surface area contributed by atoms with Crippen molar-refractivity contribution in [3.8, 4) is 0 Å². The fraction of sp³-hybridized carbons (Fsp3) is 0.300. The Labute approximate surface area is 152 Å². The number of amides is 2. The van der Waals surface area contributed by atoms with E-state index in [1.165, 1.54) is 17.3 Å². The molecule has 0 spiro atoms. The molecule has 130 valence electrons. The molecule has 0 fully saturated rings. The smallest absolute Gasteiger partial charge is 0.252 e. The quantitative estimate of drug-likeness (QED) is 0.837. The summed E-state index contributed by atoms with van der Waals surface area (Å²) in [6.45, 7) is 5.93. The van der Waals surface area contributed by atoms with Gasteiger partial charge in [-0.3, -0.25) is 9.59 Å². The van der Waals surface area contributed by atoms with Crippen molar-refractivity contribution in [3.05, 3.63) is 54.1 Å². The average molecular weight is 354 g/mol. The van der Waals surface area contributed by atoms with Gasteiger partial charge < -0.3 is 10.2 Å². The van der Waals surface area contributed by atoms with Gasteiger partial charge in [0, 0.05) is 17.6 Å². The van der Waals surface area contributed by atoms with E-state index in [1.54, 1.807) is 18.9 Å². The van der Waals surface area contributed by atoms with Crippen LogP contribution in [0.15, 0.2) is 53.4 Å². The monoisotopic (exact) mass is 354 g/mol. The highest BCUT2D eigenvalue weighted by atomic mass is 32.2. The maximum absolute atomic E-state index is 12.9. The van der Waals surface area contributed by atoms with Gasteiger partial charge in [0.15, 0.2) is 4.75 Å². The third-order valence-corrected chi connectivity index (χ3v) is 5.86. The average Bonchev–Trinajstić information content (AvgIpc) is 2.60. The van der Waals surface area contributed by atoms with Crippen molar-refractivity contribution >= 4 is 35.0 Å². The first-order valence-corrected chi connectivity index (χ1v) is 9.12. The summed E-state index contributed by atoms with van der Waals surface area (Å²) in [5.74, 6) is -0.0865. The van der Waals surface area contributed by atoms with Gasteiger partial charge >= 0.3 is 0 Å². The normalized spacial score (nSPS) is 19.7. The van der Waals surface area contributed by atoms with Crippen molar-refractivity contribution in [3.63, 3.8) is 0 Å². The summed E-state index contributed by atoms with van der Waals surface area (Å²) >= 11 is 1.30. The molecule has 0 aliphatic carbocycles. The second-order valence-electron chi connectivity index (χ2n) is 6.70. The molecule has 1 aliphatic rings. The minimum absolute atomic E-state index is 0.215. The topological polar surface area (TPSA) is 49.4 Å². The number of benzene rings is 2. The first-order valence-electron chi connectivity index (χ1n) is 8.30. The lowest BCUT2D eigenvalue weighted by molar-refractivity contribution is -0.128. The van der Waals surface area contributed by atoms with E-state index >= 15 is 0 Å². The second kappa shape index (κ2) is 6.56. The Morgan fingerprint density at radius 3 is 2.40 bits per heavy atom. The van der Waals surface area contributed by atoms with Crippen molar-refractivity contribution in [1.29, 1.82) is 0 Å². The third kappa shape index (κ3) is 3.16. The molecule has 5 heteroatoms. The van der Waals surface area contributed by atoms with Crippen LogP contribution in [0.25, 0.3) is 0 Å². The Morgan fingerprint density at radius 1 is 1.12 bits per heavy atom. The Morgan fingerprint density at radius 2 is 1.76 bits per heavy atom. The maximum Gasteiger partial charge on any atom is 0.252 e. The van der Waals surface area contributed by atoms with E-state index < -0.39 is 4.75 Å². The largest absolute Gasteiger partial charge is 0.324 e. The predicted octanol–water partition coefficient (Wildman–Crippen LogP) is 4.28. The van der Waals surface area contributed by atoms with Gasteiger partial charge in [0.1, 0.15) is 0 Å². The molecule has 0 saturated carbocycles. The van der Waals surface area contributed by atoms with Crippen molar-refractivity contribution in [2.24, 2.45) is 0 Å². The van der Waals surface area contributed by atoms with E-state index in [4.69, 9.17) is 0 Å². The molecule has 1 unspecified atom stereocenters. The number of carbonyl (C=O) groups excluding carboxylic acids is 2. The summed E-state index contributed by atoms with van der Waals surface area (Å²) in [7, 11) is 1.71. The van der Waals surface area contributed by atoms with Crippen LogP contribution < -0.4 is 10.2 Å². The molecule has 0 saturated heterocycles. The summed E-state index contributed by atoms with van der Waals surface area (Å²) in [4.78, 5) is 28.2. The second-order valence-corrected chi connectivity index (χ2v) is 8.16. The van der Waals surface area contributed by atoms with Crippen LogP contribution in [0.3, 0.4) is 0 Å². The van der Waals surface area contributed by atoms with Crippen LogP contribution in [0.2, 0.25) is 0 Å². The number of carbonyl (C=O) groups is 2. The van der Waals surface area contributed by atoms with E-state index in [9.17, 15) is 9.59 Å². The van der Waals surface area contributed by atoms with Gasteiger partial charge in [0.25, 0.3) is 5.91 Å². The van der Waals surface area contributed by atoms with Gasteiger partial charge in [0.2, 0.25) is 5.91 Å². The fourth-order valence-electron chi connectivity index (χ4n) is 2.86. The number of nitrogens with one attached hydrogen (secondary N) is 1. The number of hydrogen-bond acceptors (Lipinski definition) is 3. The number of anilines is 2. The van der Waals surface area contributed by atoms with E-state index in [1.807, 2.05) is 48.5 Å². The zero-order valence-electron chi connectivity index (χ0n) is 14.9. The van der Waals surface area contributed by atoms with Crippen LogP contribution in [-0.2, 0) is 9.59 Å². The number of rotatable bonds is 3. The van der Waals surface area contributed by atoms with Crippen LogP contribution in [0.1, 0.15) is 32.3 Å². The number of thioether (sulfide) groups is 1. The number of nitrogens with zero attached hydrogens (tertiary/aromatic N) is 1. The Bertz CT molecular complexity index is 817. The van der Waals surface area contributed by atoms with Gasteiger partial charge in [-0.25, -0.2) is 0 Å². The van der Waals surface area contributed by atoms with E-state index in [0.717, 1.165) is 10.6 Å². The lowest BCUT2D eigenvalue weighted by atomic mass is 10.0. The Hall–Kier alpha value is -2.27. The van der Waals surface area contributed by atoms with Crippen LogP contribution in [-0.4, -0.2) is 23.6 Å². The van der Waals surface area contributed by atoms with Gasteiger partial charge in [-0.2, -0.15) is 0 Å². The highest BCUT2D eigenvalue weighted by Crippen LogP contribution is 2.45. The lowest BCUT2D eigenvalue weighted by Crippen LogP contribution is -2.53. The summed E-state index contributed by atoms with van der Waals surface area (Å²) in [5, 5.41) is 2.89. The molecule has 0 radical (unpaired) electrons. The molecule has 2 aromatic carbocycles. The molecule has 0 aromatic heterocycles. The summed E-state index contributed by atoms with van der Waals surface area (Å²) in [5.41, 5.74) is 2.75. The van der Waals surface area contributed by atoms with Crippen LogP contribution >= 0.6 is 11.8 Å². The molecule has 25 heavy (non-hydrogen) atoms. The molecular weight excluding hydrogens is 332 g/mol. The van der Waals surface area contributed by atoms with Gasteiger partial charge in [-0.1, -0.05) is 49.9 Å². The molecule has 1 atom stereocenters. The van der Waals surface area contributed by atoms with Crippen molar-refractivity contribution in [1.82, 2.24) is 0 Å². The SMILES string of the molecule is CC(C)c1ccc(NC(=O)C2(C)Sc3ccccc3N(C)C2=O)cc1. The minimum Gasteiger partial charge on any atom is -0.324 e. The highest BCUT2D eigenvalue weighted by molar-refractivity contribution is 8.02. The minimum atomic E-state index is -1.19. The first-order chi connectivity index (χ1) is 11.8. The van der Waals surface area contributed by atoms with E-state index in [2.05, 4.69) is 19.2 Å². The molecular formula is C20H22N2O2S. The van der Waals surface area contributed by atoms with Crippen LogP contribution in [0.5, 0.6) is 0 Å². The number of para-hydroxylation sites is 1. The van der Waals surface area contributed by atoms with Gasteiger partial charge in [0.05, 0.1) is 5.69 Å². The highest BCUT2D eigenvalue weighted by Gasteiger charge is 2.48. The molecule has 0 bridgehead atoms. The zero-order chi connectivity index (χ0) is 18.2. The standard InChI is InChI=1S/C20H22N2O2S/c1-13(2)14-9-11-15(12-10-14)21-18(23)20(3)19(24)22(4)16-7-5-6-8-17(16)25-20/h5-13H,1-4H3,(H,21,23). The predicted molar refractivity (Wildman–Crippen MR) is 103 cm³/mol. The molecule has 2 amide bonds. The number of fused-ring (bicyclic) bond motifs is 1. The van der Waals surface area contributed by atoms with Gasteiger partial charge in [-0.05, 0) is 42.7 Å². The van der Waals surface area contributed by atoms with Gasteiger partial charge in [-0.15, -0.1) is 0 Å². The van der Waals surface area contributed by atoms with E-state index in [-0.39, 0.29) is 11.8 Å². The third-order valence-electron chi connectivity index (χ3n) is 4.52. The fourth-order valence-corrected chi connectivity index (χ4v) is 4.12. The molecule has 1 aliphatic heterocycles. The van der Waals surface area contributed by atoms with Crippen molar-refractivity contribution < 1.29 is 9.59 Å². The first kappa shape index (κ1) is 17.5. The molecule has 1 N–H and O–H groups in total. The molecule has 4 nitrogen and oxygen atoms in total. The molecule has 1 heterocycles. The summed E-state index contributed by atoms with van der Waals surface area (Å²) in [6.07, 6.45) is 0. The van der Waals surface area contributed by atoms with Crippen molar-refractivity contribution in [2.45, 2.75) is 36.3 Å². The Kier molecular flexibility index (Phi) is 4.60.